The zero-order valence-corrected chi connectivity index (χ0v) is 21.7. The average molecular weight is 522 g/mol. The van der Waals surface area contributed by atoms with Crippen molar-refractivity contribution in [2.24, 2.45) is 0 Å². The summed E-state index contributed by atoms with van der Waals surface area (Å²) in [7, 11) is 1.91. The fourth-order valence-electron chi connectivity index (χ4n) is 3.63. The lowest BCUT2D eigenvalue weighted by Crippen LogP contribution is -2.39. The van der Waals surface area contributed by atoms with Gasteiger partial charge in [0.1, 0.15) is 10.4 Å². The van der Waals surface area contributed by atoms with Gasteiger partial charge >= 0.3 is 0 Å². The maximum Gasteiger partial charge on any atom is 0.242 e. The lowest BCUT2D eigenvalue weighted by molar-refractivity contribution is 0.324. The first-order valence-electron chi connectivity index (χ1n) is 10.5. The molecule has 2 N–H and O–H groups in total. The van der Waals surface area contributed by atoms with Crippen LogP contribution in [-0.2, 0) is 10.0 Å². The monoisotopic (exact) mass is 521 g/mol. The molecule has 1 atom stereocenters. The predicted octanol–water partition coefficient (Wildman–Crippen LogP) is 5.18. The molecule has 188 valence electrons. The summed E-state index contributed by atoms with van der Waals surface area (Å²) in [6.45, 7) is 1.56. The highest BCUT2D eigenvalue weighted by Gasteiger charge is 2.39. The van der Waals surface area contributed by atoms with E-state index in [-0.39, 0.29) is 23.6 Å². The van der Waals surface area contributed by atoms with Crippen molar-refractivity contribution in [1.82, 2.24) is 0 Å². The molecule has 0 spiro atoms. The molecule has 35 heavy (non-hydrogen) atoms. The molecule has 0 heterocycles. The van der Waals surface area contributed by atoms with E-state index in [0.29, 0.717) is 33.4 Å². The molecule has 0 saturated heterocycles. The Bertz CT molecular complexity index is 1280. The van der Waals surface area contributed by atoms with Crippen molar-refractivity contribution in [3.63, 3.8) is 0 Å². The summed E-state index contributed by atoms with van der Waals surface area (Å²) in [6, 6.07) is 6.67. The largest absolute Gasteiger partial charge is 0.503 e. The number of hydrogen-bond donors (Lipinski definition) is 2. The molecule has 1 unspecified atom stereocenters. The number of rotatable bonds is 9. The van der Waals surface area contributed by atoms with E-state index >= 15 is 0 Å². The number of anilines is 1. The second kappa shape index (κ2) is 10.5. The van der Waals surface area contributed by atoms with Crippen LogP contribution in [-0.4, -0.2) is 46.7 Å². The summed E-state index contributed by atoms with van der Waals surface area (Å²) in [4.78, 5) is 0. The minimum Gasteiger partial charge on any atom is -0.503 e. The second-order valence-corrected chi connectivity index (χ2v) is 10.6. The van der Waals surface area contributed by atoms with Crippen molar-refractivity contribution in [1.29, 1.82) is 0 Å². The molecule has 0 saturated carbocycles. The highest BCUT2D eigenvalue weighted by molar-refractivity contribution is 7.94. The summed E-state index contributed by atoms with van der Waals surface area (Å²) in [6.07, 6.45) is 8.29. The van der Waals surface area contributed by atoms with Gasteiger partial charge in [-0.05, 0) is 42.8 Å². The van der Waals surface area contributed by atoms with Crippen molar-refractivity contribution in [3.05, 3.63) is 58.7 Å². The van der Waals surface area contributed by atoms with Crippen molar-refractivity contribution in [2.45, 2.75) is 18.1 Å². The lowest BCUT2D eigenvalue weighted by atomic mass is 10.0. The minimum absolute atomic E-state index is 0.0201. The third-order valence-electron chi connectivity index (χ3n) is 5.63. The molecular formula is C25H28ClNO7S. The number of nitrogens with one attached hydrogen (secondary N) is 1. The summed E-state index contributed by atoms with van der Waals surface area (Å²) in [5, 5.41) is 11.2. The van der Waals surface area contributed by atoms with Gasteiger partial charge in [0.2, 0.25) is 15.8 Å². The van der Waals surface area contributed by atoms with Gasteiger partial charge in [0.05, 0.1) is 28.4 Å². The van der Waals surface area contributed by atoms with Crippen molar-refractivity contribution in [3.8, 4) is 28.7 Å². The highest BCUT2D eigenvalue weighted by Crippen LogP contribution is 2.42. The van der Waals surface area contributed by atoms with Gasteiger partial charge in [-0.2, -0.15) is 0 Å². The number of phenolic OH excluding ortho intramolecular Hbond substituents is 1. The van der Waals surface area contributed by atoms with E-state index in [4.69, 9.17) is 30.5 Å². The number of sulfonamides is 1. The van der Waals surface area contributed by atoms with Gasteiger partial charge in [-0.3, -0.25) is 4.72 Å². The standard InChI is InChI=1S/C25H28ClNO7S/c1-25(12-6-7-18(26)15-25)35(29,30)27-22-17(10-11-19(31-2)23(22)28)9-8-16-13-20(32-3)24(34-5)21(14-16)33-4/h6-14,27-28H,15H2,1-5H3/b9-8-. The molecule has 0 bridgehead atoms. The molecule has 0 radical (unpaired) electrons. The van der Waals surface area contributed by atoms with Gasteiger partial charge in [-0.1, -0.05) is 35.9 Å². The predicted molar refractivity (Wildman–Crippen MR) is 138 cm³/mol. The van der Waals surface area contributed by atoms with E-state index in [1.54, 1.807) is 61.6 Å². The molecule has 1 aliphatic carbocycles. The number of phenols is 1. The summed E-state index contributed by atoms with van der Waals surface area (Å²) >= 11 is 6.12. The molecule has 1 aliphatic rings. The topological polar surface area (TPSA) is 103 Å². The zero-order chi connectivity index (χ0) is 25.8. The van der Waals surface area contributed by atoms with E-state index in [1.165, 1.54) is 28.4 Å². The third-order valence-corrected chi connectivity index (χ3v) is 7.87. The van der Waals surface area contributed by atoms with Crippen LogP contribution < -0.4 is 23.7 Å². The molecule has 2 aromatic carbocycles. The number of ether oxygens (including phenoxy) is 4. The van der Waals surface area contributed by atoms with E-state index in [9.17, 15) is 13.5 Å². The molecule has 10 heteroatoms. The van der Waals surface area contributed by atoms with Gasteiger partial charge in [-0.15, -0.1) is 0 Å². The fourth-order valence-corrected chi connectivity index (χ4v) is 5.38. The summed E-state index contributed by atoms with van der Waals surface area (Å²) in [5.41, 5.74) is 1.08. The Balaban J connectivity index is 2.05. The quantitative estimate of drug-likeness (QED) is 0.346. The van der Waals surface area contributed by atoms with Crippen LogP contribution in [0.25, 0.3) is 12.2 Å². The molecule has 3 rings (SSSR count). The van der Waals surface area contributed by atoms with Crippen LogP contribution in [0.15, 0.2) is 47.5 Å². The smallest absolute Gasteiger partial charge is 0.242 e. The molecule has 8 nitrogen and oxygen atoms in total. The number of methoxy groups -OCH3 is 4. The van der Waals surface area contributed by atoms with Crippen LogP contribution in [0.1, 0.15) is 24.5 Å². The zero-order valence-electron chi connectivity index (χ0n) is 20.1. The van der Waals surface area contributed by atoms with E-state index in [2.05, 4.69) is 4.72 Å². The number of halogens is 1. The van der Waals surface area contributed by atoms with Gasteiger partial charge in [0, 0.05) is 17.0 Å². The Morgan fingerprint density at radius 1 is 1.00 bits per heavy atom. The van der Waals surface area contributed by atoms with E-state index in [1.807, 2.05) is 0 Å². The van der Waals surface area contributed by atoms with Crippen LogP contribution in [0, 0.1) is 0 Å². The fraction of sp³-hybridized carbons (Fsp3) is 0.280. The van der Waals surface area contributed by atoms with Gasteiger partial charge in [-0.25, -0.2) is 8.42 Å². The average Bonchev–Trinajstić information content (AvgIpc) is 2.83. The van der Waals surface area contributed by atoms with Crippen LogP contribution in [0.2, 0.25) is 0 Å². The minimum atomic E-state index is -4.02. The lowest BCUT2D eigenvalue weighted by Gasteiger charge is -2.29. The molecule has 0 amide bonds. The first kappa shape index (κ1) is 26.3. The van der Waals surface area contributed by atoms with Crippen LogP contribution >= 0.6 is 11.6 Å². The molecule has 0 fully saturated rings. The van der Waals surface area contributed by atoms with E-state index in [0.717, 1.165) is 0 Å². The summed E-state index contributed by atoms with van der Waals surface area (Å²) in [5.74, 6) is 1.16. The van der Waals surface area contributed by atoms with Crippen molar-refractivity contribution in [2.75, 3.05) is 33.2 Å². The molecule has 2 aromatic rings. The Labute approximate surface area is 210 Å². The molecule has 0 aromatic heterocycles. The van der Waals surface area contributed by atoms with Gasteiger partial charge < -0.3 is 24.1 Å². The van der Waals surface area contributed by atoms with Gasteiger partial charge in [0.25, 0.3) is 0 Å². The number of benzene rings is 2. The van der Waals surface area contributed by atoms with Crippen molar-refractivity contribution < 1.29 is 32.5 Å². The number of allylic oxidation sites excluding steroid dienone is 3. The van der Waals surface area contributed by atoms with Crippen LogP contribution in [0.4, 0.5) is 5.69 Å². The molecule has 0 aliphatic heterocycles. The van der Waals surface area contributed by atoms with Crippen LogP contribution in [0.5, 0.6) is 28.7 Å². The van der Waals surface area contributed by atoms with Crippen LogP contribution in [0.3, 0.4) is 0 Å². The maximum absolute atomic E-state index is 13.4. The summed E-state index contributed by atoms with van der Waals surface area (Å²) < 4.78 is 49.3. The Morgan fingerprint density at radius 3 is 2.17 bits per heavy atom. The Hall–Kier alpha value is -3.30. The van der Waals surface area contributed by atoms with Gasteiger partial charge in [0.15, 0.2) is 23.0 Å². The SMILES string of the molecule is COc1ccc(/C=C\c2cc(OC)c(OC)c(OC)c2)c(NS(=O)(=O)C2(C)C=CC=C(Cl)C2)c1O. The number of hydrogen-bond acceptors (Lipinski definition) is 7. The van der Waals surface area contributed by atoms with Crippen molar-refractivity contribution >= 4 is 39.5 Å². The second-order valence-electron chi connectivity index (χ2n) is 7.94. The molecular weight excluding hydrogens is 494 g/mol. The Kier molecular flexibility index (Phi) is 7.92. The maximum atomic E-state index is 13.4. The Morgan fingerprint density at radius 2 is 1.63 bits per heavy atom. The number of aromatic hydroxyl groups is 1. The third kappa shape index (κ3) is 5.36. The van der Waals surface area contributed by atoms with E-state index < -0.39 is 14.8 Å². The normalized spacial score (nSPS) is 17.7. The first-order chi connectivity index (χ1) is 16.6. The first-order valence-corrected chi connectivity index (χ1v) is 12.4. The highest BCUT2D eigenvalue weighted by atomic mass is 35.5.